The van der Waals surface area contributed by atoms with Crippen molar-refractivity contribution in [2.75, 3.05) is 31.7 Å². The van der Waals surface area contributed by atoms with Gasteiger partial charge in [0.15, 0.2) is 5.82 Å². The Morgan fingerprint density at radius 1 is 1.08 bits per heavy atom. The Hall–Kier alpha value is -2.28. The quantitative estimate of drug-likeness (QED) is 0.774. The van der Waals surface area contributed by atoms with Gasteiger partial charge in [-0.05, 0) is 18.2 Å². The van der Waals surface area contributed by atoms with Gasteiger partial charge in [0.1, 0.15) is 5.69 Å². The zero-order valence-corrected chi connectivity index (χ0v) is 14.2. The molecule has 1 atom stereocenters. The fraction of sp³-hybridized carbons (Fsp3) is 0.278. The second kappa shape index (κ2) is 7.31. The van der Waals surface area contributed by atoms with E-state index in [0.717, 1.165) is 22.0 Å². The first kappa shape index (κ1) is 16.2. The molecule has 0 bridgehead atoms. The highest BCUT2D eigenvalue weighted by atomic mass is 35.5. The van der Waals surface area contributed by atoms with E-state index in [1.807, 2.05) is 30.3 Å². The van der Waals surface area contributed by atoms with Crippen molar-refractivity contribution in [3.05, 3.63) is 47.7 Å². The number of pyridine rings is 1. The van der Waals surface area contributed by atoms with E-state index in [2.05, 4.69) is 20.5 Å². The molecule has 0 spiro atoms. The predicted molar refractivity (Wildman–Crippen MR) is 96.8 cm³/mol. The number of hydrogen-bond donors (Lipinski definition) is 1. The minimum atomic E-state index is 0.0170. The summed E-state index contributed by atoms with van der Waals surface area (Å²) >= 11 is 5.98. The topological polar surface area (TPSA) is 69.2 Å². The van der Waals surface area contributed by atoms with Crippen LogP contribution in [0, 0.1) is 0 Å². The zero-order chi connectivity index (χ0) is 17.1. The Morgan fingerprint density at radius 2 is 1.96 bits per heavy atom. The standard InChI is InChI=1S/C18H17ClN4O2/c19-13-3-1-12(2-4-13)17-16-10-20-6-5-15(16)18(23-22-17)21-9-14-11-24-7-8-25-14/h1-6,10,14H,7-9,11H2,(H,21,23). The molecule has 6 nitrogen and oxygen atoms in total. The molecule has 0 amide bonds. The summed E-state index contributed by atoms with van der Waals surface area (Å²) in [7, 11) is 0. The van der Waals surface area contributed by atoms with Crippen LogP contribution >= 0.6 is 11.6 Å². The first-order valence-electron chi connectivity index (χ1n) is 8.11. The number of nitrogens with one attached hydrogen (secondary N) is 1. The summed E-state index contributed by atoms with van der Waals surface area (Å²) in [5.41, 5.74) is 1.73. The Labute approximate surface area is 150 Å². The van der Waals surface area contributed by atoms with E-state index >= 15 is 0 Å². The van der Waals surface area contributed by atoms with Crippen molar-refractivity contribution in [1.82, 2.24) is 15.2 Å². The molecule has 0 radical (unpaired) electrons. The lowest BCUT2D eigenvalue weighted by atomic mass is 10.1. The second-order valence-corrected chi connectivity index (χ2v) is 6.21. The van der Waals surface area contributed by atoms with Crippen LogP contribution in [0.5, 0.6) is 0 Å². The lowest BCUT2D eigenvalue weighted by Crippen LogP contribution is -2.34. The van der Waals surface area contributed by atoms with Crippen molar-refractivity contribution in [2.24, 2.45) is 0 Å². The highest BCUT2D eigenvalue weighted by Gasteiger charge is 2.16. The van der Waals surface area contributed by atoms with Crippen molar-refractivity contribution < 1.29 is 9.47 Å². The summed E-state index contributed by atoms with van der Waals surface area (Å²) in [4.78, 5) is 4.24. The number of fused-ring (bicyclic) bond motifs is 1. The van der Waals surface area contributed by atoms with Gasteiger partial charge in [-0.3, -0.25) is 4.98 Å². The zero-order valence-electron chi connectivity index (χ0n) is 13.5. The van der Waals surface area contributed by atoms with E-state index in [1.165, 1.54) is 0 Å². The number of halogens is 1. The third kappa shape index (κ3) is 3.56. The van der Waals surface area contributed by atoms with Crippen molar-refractivity contribution in [2.45, 2.75) is 6.10 Å². The minimum absolute atomic E-state index is 0.0170. The van der Waals surface area contributed by atoms with E-state index in [0.29, 0.717) is 37.2 Å². The average molecular weight is 357 g/mol. The number of nitrogens with zero attached hydrogens (tertiary/aromatic N) is 3. The van der Waals surface area contributed by atoms with Crippen LogP contribution in [0.2, 0.25) is 5.02 Å². The van der Waals surface area contributed by atoms with Gasteiger partial charge in [0, 0.05) is 40.3 Å². The van der Waals surface area contributed by atoms with Gasteiger partial charge in [0.25, 0.3) is 0 Å². The molecule has 3 aromatic rings. The Kier molecular flexibility index (Phi) is 4.74. The number of hydrogen-bond acceptors (Lipinski definition) is 6. The third-order valence-corrected chi connectivity index (χ3v) is 4.33. The molecule has 1 aliphatic heterocycles. The molecular formula is C18H17ClN4O2. The van der Waals surface area contributed by atoms with E-state index in [-0.39, 0.29) is 6.10 Å². The molecular weight excluding hydrogens is 340 g/mol. The fourth-order valence-electron chi connectivity index (χ4n) is 2.81. The average Bonchev–Trinajstić information content (AvgIpc) is 2.68. The lowest BCUT2D eigenvalue weighted by molar-refractivity contribution is -0.0819. The first-order chi connectivity index (χ1) is 12.3. The highest BCUT2D eigenvalue weighted by Crippen LogP contribution is 2.29. The van der Waals surface area contributed by atoms with E-state index in [1.54, 1.807) is 12.4 Å². The van der Waals surface area contributed by atoms with Crippen LogP contribution in [-0.2, 0) is 9.47 Å². The lowest BCUT2D eigenvalue weighted by Gasteiger charge is -2.23. The summed E-state index contributed by atoms with van der Waals surface area (Å²) in [5.74, 6) is 0.712. The number of benzene rings is 1. The van der Waals surface area contributed by atoms with Crippen LogP contribution < -0.4 is 5.32 Å². The Bertz CT molecular complexity index is 867. The van der Waals surface area contributed by atoms with Gasteiger partial charge in [-0.2, -0.15) is 0 Å². The van der Waals surface area contributed by atoms with Crippen molar-refractivity contribution in [3.8, 4) is 11.3 Å². The molecule has 7 heteroatoms. The molecule has 0 saturated carbocycles. The fourth-order valence-corrected chi connectivity index (χ4v) is 2.94. The molecule has 1 saturated heterocycles. The van der Waals surface area contributed by atoms with Gasteiger partial charge in [0.05, 0.1) is 25.9 Å². The molecule has 25 heavy (non-hydrogen) atoms. The van der Waals surface area contributed by atoms with Crippen LogP contribution in [0.1, 0.15) is 0 Å². The van der Waals surface area contributed by atoms with Crippen LogP contribution in [0.3, 0.4) is 0 Å². The van der Waals surface area contributed by atoms with Gasteiger partial charge in [0.2, 0.25) is 0 Å². The molecule has 1 N–H and O–H groups in total. The molecule has 128 valence electrons. The maximum Gasteiger partial charge on any atom is 0.156 e. The monoisotopic (exact) mass is 356 g/mol. The highest BCUT2D eigenvalue weighted by molar-refractivity contribution is 6.30. The van der Waals surface area contributed by atoms with Crippen molar-refractivity contribution in [1.29, 1.82) is 0 Å². The smallest absolute Gasteiger partial charge is 0.156 e. The van der Waals surface area contributed by atoms with Crippen LogP contribution in [-0.4, -0.2) is 47.7 Å². The largest absolute Gasteiger partial charge is 0.376 e. The van der Waals surface area contributed by atoms with Gasteiger partial charge in [-0.1, -0.05) is 23.7 Å². The summed E-state index contributed by atoms with van der Waals surface area (Å²) in [6.45, 7) is 2.48. The van der Waals surface area contributed by atoms with E-state index in [4.69, 9.17) is 21.1 Å². The van der Waals surface area contributed by atoms with E-state index < -0.39 is 0 Å². The van der Waals surface area contributed by atoms with Gasteiger partial charge in [-0.25, -0.2) is 0 Å². The third-order valence-electron chi connectivity index (χ3n) is 4.08. The summed E-state index contributed by atoms with van der Waals surface area (Å²) in [6.07, 6.45) is 3.57. The second-order valence-electron chi connectivity index (χ2n) is 5.77. The molecule has 1 aliphatic rings. The molecule has 2 aromatic heterocycles. The van der Waals surface area contributed by atoms with Crippen LogP contribution in [0.4, 0.5) is 5.82 Å². The molecule has 1 aromatic carbocycles. The maximum atomic E-state index is 5.98. The van der Waals surface area contributed by atoms with Crippen LogP contribution in [0.15, 0.2) is 42.7 Å². The molecule has 1 unspecified atom stereocenters. The molecule has 0 aliphatic carbocycles. The number of rotatable bonds is 4. The number of aromatic nitrogens is 3. The molecule has 3 heterocycles. The van der Waals surface area contributed by atoms with Crippen LogP contribution in [0.25, 0.3) is 22.0 Å². The maximum absolute atomic E-state index is 5.98. The Morgan fingerprint density at radius 3 is 2.76 bits per heavy atom. The minimum Gasteiger partial charge on any atom is -0.376 e. The van der Waals surface area contributed by atoms with Crippen molar-refractivity contribution in [3.63, 3.8) is 0 Å². The van der Waals surface area contributed by atoms with Gasteiger partial charge >= 0.3 is 0 Å². The number of anilines is 1. The SMILES string of the molecule is Clc1ccc(-c2nnc(NCC3COCCO3)c3ccncc23)cc1. The Balaban J connectivity index is 1.65. The van der Waals surface area contributed by atoms with Crippen molar-refractivity contribution >= 4 is 28.2 Å². The van der Waals surface area contributed by atoms with Gasteiger partial charge < -0.3 is 14.8 Å². The number of ether oxygens (including phenoxy) is 2. The predicted octanol–water partition coefficient (Wildman–Crippen LogP) is 3.17. The summed E-state index contributed by atoms with van der Waals surface area (Å²) < 4.78 is 11.1. The molecule has 4 rings (SSSR count). The summed E-state index contributed by atoms with van der Waals surface area (Å²) in [6, 6.07) is 9.48. The van der Waals surface area contributed by atoms with E-state index in [9.17, 15) is 0 Å². The summed E-state index contributed by atoms with van der Waals surface area (Å²) in [5, 5.41) is 14.7. The van der Waals surface area contributed by atoms with Gasteiger partial charge in [-0.15, -0.1) is 10.2 Å². The molecule has 1 fully saturated rings. The first-order valence-corrected chi connectivity index (χ1v) is 8.48. The normalized spacial score (nSPS) is 17.6.